The number of hydrogen-bond acceptors (Lipinski definition) is 7. The third-order valence-electron chi connectivity index (χ3n) is 7.87. The summed E-state index contributed by atoms with van der Waals surface area (Å²) in [5, 5.41) is 5.57. The Morgan fingerprint density at radius 1 is 1.14 bits per heavy atom. The van der Waals surface area contributed by atoms with Gasteiger partial charge in [0.15, 0.2) is 0 Å². The number of amides is 2. The smallest absolute Gasteiger partial charge is 0.382 e. The average Bonchev–Trinajstić information content (AvgIpc) is 3.41. The quantitative estimate of drug-likeness (QED) is 0.291. The summed E-state index contributed by atoms with van der Waals surface area (Å²) in [5.41, 5.74) is 8.41. The number of carbonyl (C=O) groups is 2. The zero-order valence-corrected chi connectivity index (χ0v) is 23.6. The van der Waals surface area contributed by atoms with Gasteiger partial charge in [0.2, 0.25) is 5.91 Å². The Hall–Kier alpha value is -4.78. The topological polar surface area (TPSA) is 137 Å². The first-order valence-electron chi connectivity index (χ1n) is 14.3. The lowest BCUT2D eigenvalue weighted by Gasteiger charge is -2.29. The number of nitrogen functional groups attached to an aromatic ring is 1. The number of anilines is 2. The van der Waals surface area contributed by atoms with Gasteiger partial charge in [-0.1, -0.05) is 24.6 Å². The molecule has 0 radical (unpaired) electrons. The number of pyridine rings is 1. The molecule has 4 N–H and O–H groups in total. The first-order valence-corrected chi connectivity index (χ1v) is 14.3. The maximum Gasteiger partial charge on any atom is 0.416 e. The number of benzene rings is 1. The molecule has 3 aromatic heterocycles. The van der Waals surface area contributed by atoms with Crippen molar-refractivity contribution in [3.8, 4) is 11.3 Å². The van der Waals surface area contributed by atoms with Gasteiger partial charge >= 0.3 is 6.18 Å². The molecule has 1 fully saturated rings. The molecule has 2 aliphatic rings. The van der Waals surface area contributed by atoms with Crippen molar-refractivity contribution in [3.05, 3.63) is 77.5 Å². The minimum absolute atomic E-state index is 0.0160. The van der Waals surface area contributed by atoms with E-state index in [4.69, 9.17) is 15.5 Å². The second kappa shape index (κ2) is 12.1. The highest BCUT2D eigenvalue weighted by Gasteiger charge is 2.32. The summed E-state index contributed by atoms with van der Waals surface area (Å²) < 4.78 is 46.9. The molecular weight excluding hydrogens is 575 g/mol. The predicted octanol–water partition coefficient (Wildman–Crippen LogP) is 5.22. The van der Waals surface area contributed by atoms with Gasteiger partial charge in [0.1, 0.15) is 28.7 Å². The number of imidazole rings is 1. The minimum atomic E-state index is -4.56. The molecule has 6 rings (SSSR count). The molecule has 4 heterocycles. The van der Waals surface area contributed by atoms with Crippen molar-refractivity contribution in [1.82, 2.24) is 24.7 Å². The van der Waals surface area contributed by atoms with Crippen LogP contribution in [0.25, 0.3) is 22.9 Å². The lowest BCUT2D eigenvalue weighted by atomic mass is 9.85. The zero-order chi connectivity index (χ0) is 30.8. The number of aromatic nitrogens is 4. The lowest BCUT2D eigenvalue weighted by Crippen LogP contribution is -2.38. The van der Waals surface area contributed by atoms with Gasteiger partial charge in [-0.3, -0.25) is 14.0 Å². The van der Waals surface area contributed by atoms with Crippen molar-refractivity contribution < 1.29 is 27.5 Å². The molecule has 0 spiro atoms. The molecule has 10 nitrogen and oxygen atoms in total. The van der Waals surface area contributed by atoms with Gasteiger partial charge in [0, 0.05) is 35.7 Å². The number of alkyl halides is 3. The number of nitrogens with one attached hydrogen (secondary N) is 2. The molecule has 2 bridgehead atoms. The second-order valence-corrected chi connectivity index (χ2v) is 10.9. The minimum Gasteiger partial charge on any atom is -0.382 e. The predicted molar refractivity (Wildman–Crippen MR) is 158 cm³/mol. The SMILES string of the molecule is Nc1ncc2n3c(nc(-c4ccc(C(=O)Nc5cc(C(F)(F)F)ccn5)cc4)c13)[C@@H]1CCC[C@H](C1)NC(=O)CCOC/C=C/2. The summed E-state index contributed by atoms with van der Waals surface area (Å²) >= 11 is 0. The van der Waals surface area contributed by atoms with Crippen LogP contribution in [0.1, 0.15) is 65.5 Å². The van der Waals surface area contributed by atoms with E-state index in [1.807, 2.05) is 16.6 Å². The summed E-state index contributed by atoms with van der Waals surface area (Å²) in [4.78, 5) is 38.7. The summed E-state index contributed by atoms with van der Waals surface area (Å²) in [6, 6.07) is 8.19. The molecule has 2 atom stereocenters. The van der Waals surface area contributed by atoms with Crippen molar-refractivity contribution in [1.29, 1.82) is 0 Å². The van der Waals surface area contributed by atoms with Crippen molar-refractivity contribution >= 4 is 35.0 Å². The Morgan fingerprint density at radius 2 is 1.95 bits per heavy atom. The number of nitrogens with two attached hydrogens (primary N) is 1. The molecule has 1 aliphatic carbocycles. The van der Waals surface area contributed by atoms with E-state index in [1.165, 1.54) is 0 Å². The fourth-order valence-electron chi connectivity index (χ4n) is 5.77. The summed E-state index contributed by atoms with van der Waals surface area (Å²) in [5.74, 6) is 0.286. The molecule has 1 aromatic carbocycles. The molecule has 44 heavy (non-hydrogen) atoms. The van der Waals surface area contributed by atoms with Crippen molar-refractivity contribution in [2.75, 3.05) is 24.3 Å². The van der Waals surface area contributed by atoms with E-state index in [-0.39, 0.29) is 35.1 Å². The van der Waals surface area contributed by atoms with E-state index in [0.717, 1.165) is 55.5 Å². The Morgan fingerprint density at radius 3 is 2.75 bits per heavy atom. The third kappa shape index (κ3) is 6.13. The molecule has 13 heteroatoms. The van der Waals surface area contributed by atoms with Crippen LogP contribution in [0.15, 0.2) is 54.9 Å². The van der Waals surface area contributed by atoms with E-state index in [2.05, 4.69) is 20.6 Å². The zero-order valence-electron chi connectivity index (χ0n) is 23.6. The number of hydrogen-bond donors (Lipinski definition) is 3. The Balaban J connectivity index is 1.35. The first kappa shape index (κ1) is 29.3. The van der Waals surface area contributed by atoms with Crippen LogP contribution < -0.4 is 16.4 Å². The number of rotatable bonds is 3. The van der Waals surface area contributed by atoms with Crippen molar-refractivity contribution in [2.24, 2.45) is 0 Å². The third-order valence-corrected chi connectivity index (χ3v) is 7.87. The van der Waals surface area contributed by atoms with Crippen molar-refractivity contribution in [2.45, 2.75) is 50.2 Å². The van der Waals surface area contributed by atoms with Crippen LogP contribution in [-0.2, 0) is 15.7 Å². The first-order chi connectivity index (χ1) is 21.2. The second-order valence-electron chi connectivity index (χ2n) is 10.9. The number of fused-ring (bicyclic) bond motifs is 3. The van der Waals surface area contributed by atoms with E-state index in [1.54, 1.807) is 30.5 Å². The molecule has 0 saturated heterocycles. The molecular formula is C31H30F3N7O3. The van der Waals surface area contributed by atoms with Gasteiger partial charge in [-0.15, -0.1) is 0 Å². The van der Waals surface area contributed by atoms with E-state index < -0.39 is 17.6 Å². The average molecular weight is 606 g/mol. The van der Waals surface area contributed by atoms with Gasteiger partial charge in [0.05, 0.1) is 30.7 Å². The van der Waals surface area contributed by atoms with Crippen molar-refractivity contribution in [3.63, 3.8) is 0 Å². The van der Waals surface area contributed by atoms with E-state index >= 15 is 0 Å². The van der Waals surface area contributed by atoms with Crippen LogP contribution in [0.5, 0.6) is 0 Å². The van der Waals surface area contributed by atoms with Crippen LogP contribution in [0, 0.1) is 0 Å². The number of carbonyl (C=O) groups excluding carboxylic acids is 2. The fourth-order valence-corrected chi connectivity index (χ4v) is 5.77. The molecule has 228 valence electrons. The molecule has 0 unspecified atom stereocenters. The normalized spacial score (nSPS) is 20.0. The highest BCUT2D eigenvalue weighted by molar-refractivity contribution is 6.04. The van der Waals surface area contributed by atoms with Gasteiger partial charge in [0.25, 0.3) is 5.91 Å². The Kier molecular flexibility index (Phi) is 8.04. The van der Waals surface area contributed by atoms with Gasteiger partial charge < -0.3 is 21.1 Å². The lowest BCUT2D eigenvalue weighted by molar-refractivity contribution is -0.137. The largest absolute Gasteiger partial charge is 0.416 e. The number of nitrogens with zero attached hydrogens (tertiary/aromatic N) is 4. The van der Waals surface area contributed by atoms with Crippen LogP contribution in [0.3, 0.4) is 0 Å². The standard InChI is InChI=1S/C31H30F3N7O3/c32-31(33,34)21-10-12-36-24(16-21)39-30(43)19-8-6-18(7-9-19)26-27-28(35)37-17-23-5-2-13-44-14-11-25(42)38-22-4-1-3-20(15-22)29(40-26)41(23)27/h2,5-10,12,16-17,20,22H,1,3-4,11,13-15H2,(H2,35,37)(H,38,42)(H,36,39,43)/b5-2+/t20-,22-/m1/s1. The van der Waals surface area contributed by atoms with Crippen LogP contribution >= 0.6 is 0 Å². The van der Waals surface area contributed by atoms with E-state index in [9.17, 15) is 22.8 Å². The molecule has 2 amide bonds. The maximum atomic E-state index is 13.1. The van der Waals surface area contributed by atoms with E-state index in [0.29, 0.717) is 36.4 Å². The van der Waals surface area contributed by atoms with Gasteiger partial charge in [-0.2, -0.15) is 13.2 Å². The highest BCUT2D eigenvalue weighted by atomic mass is 19.4. The number of ether oxygens (including phenoxy) is 1. The maximum absolute atomic E-state index is 13.1. The fraction of sp³-hybridized carbons (Fsp3) is 0.323. The molecule has 4 aromatic rings. The highest BCUT2D eigenvalue weighted by Crippen LogP contribution is 2.38. The molecule has 1 saturated carbocycles. The van der Waals surface area contributed by atoms with Gasteiger partial charge in [-0.25, -0.2) is 15.0 Å². The van der Waals surface area contributed by atoms with Crippen LogP contribution in [-0.4, -0.2) is 50.4 Å². The monoisotopic (exact) mass is 605 g/mol. The Labute approximate surface area is 250 Å². The summed E-state index contributed by atoms with van der Waals surface area (Å²) in [7, 11) is 0. The van der Waals surface area contributed by atoms with Gasteiger partial charge in [-0.05, 0) is 49.6 Å². The summed E-state index contributed by atoms with van der Waals surface area (Å²) in [6.07, 6.45) is 5.60. The van der Waals surface area contributed by atoms with Crippen LogP contribution in [0.2, 0.25) is 0 Å². The summed E-state index contributed by atoms with van der Waals surface area (Å²) in [6.45, 7) is 0.648. The Bertz CT molecular complexity index is 1730. The molecule has 1 aliphatic heterocycles. The number of halogens is 3. The van der Waals surface area contributed by atoms with Crippen LogP contribution in [0.4, 0.5) is 24.8 Å².